The minimum absolute atomic E-state index is 0.133. The average molecular weight is 258 g/mol. The molecule has 0 radical (unpaired) electrons. The third kappa shape index (κ3) is 2.29. The fourth-order valence-corrected chi connectivity index (χ4v) is 2.49. The van der Waals surface area contributed by atoms with E-state index in [9.17, 15) is 10.1 Å². The van der Waals surface area contributed by atoms with Gasteiger partial charge in [0.1, 0.15) is 0 Å². The topological polar surface area (TPSA) is 64.2 Å². The van der Waals surface area contributed by atoms with Gasteiger partial charge in [0.05, 0.1) is 17.3 Å². The minimum atomic E-state index is -0.373. The molecule has 1 aromatic heterocycles. The van der Waals surface area contributed by atoms with Crippen LogP contribution in [0.5, 0.6) is 0 Å². The Bertz CT molecular complexity index is 565. The Labute approximate surface area is 110 Å². The first-order valence-corrected chi connectivity index (χ1v) is 6.21. The summed E-state index contributed by atoms with van der Waals surface area (Å²) in [5.41, 5.74) is 1.17. The van der Waals surface area contributed by atoms with Crippen molar-refractivity contribution in [3.63, 3.8) is 0 Å². The van der Waals surface area contributed by atoms with Crippen molar-refractivity contribution in [3.8, 4) is 0 Å². The minimum Gasteiger partial charge on any atom is -0.369 e. The van der Waals surface area contributed by atoms with Crippen molar-refractivity contribution in [2.45, 2.75) is 12.5 Å². The summed E-state index contributed by atoms with van der Waals surface area (Å²) in [6.45, 7) is 1.87. The Morgan fingerprint density at radius 3 is 2.74 bits per heavy atom. The van der Waals surface area contributed by atoms with Crippen LogP contribution in [0.3, 0.4) is 0 Å². The fourth-order valence-electron chi connectivity index (χ4n) is 2.49. The van der Waals surface area contributed by atoms with Gasteiger partial charge in [0.2, 0.25) is 0 Å². The van der Waals surface area contributed by atoms with Crippen molar-refractivity contribution in [1.82, 2.24) is 9.55 Å². The summed E-state index contributed by atoms with van der Waals surface area (Å²) in [7, 11) is 0. The molecule has 98 valence electrons. The van der Waals surface area contributed by atoms with Gasteiger partial charge >= 0.3 is 0 Å². The molecule has 2 aromatic rings. The van der Waals surface area contributed by atoms with Gasteiger partial charge in [0, 0.05) is 43.3 Å². The van der Waals surface area contributed by atoms with Crippen LogP contribution < -0.4 is 4.90 Å². The van der Waals surface area contributed by atoms with Crippen LogP contribution in [-0.2, 0) is 0 Å². The smallest absolute Gasteiger partial charge is 0.269 e. The Morgan fingerprint density at radius 1 is 1.32 bits per heavy atom. The largest absolute Gasteiger partial charge is 0.369 e. The number of rotatable bonds is 3. The normalized spacial score (nSPS) is 18.7. The molecule has 3 rings (SSSR count). The quantitative estimate of drug-likeness (QED) is 0.625. The SMILES string of the molecule is O=[N+]([O-])c1ccc(N2CCC(n3ccnc3)C2)cc1. The van der Waals surface area contributed by atoms with Gasteiger partial charge in [0.15, 0.2) is 0 Å². The first kappa shape index (κ1) is 11.7. The molecule has 1 aliphatic heterocycles. The van der Waals surface area contributed by atoms with Crippen LogP contribution in [0.2, 0.25) is 0 Å². The third-order valence-corrected chi connectivity index (χ3v) is 3.54. The molecule has 1 atom stereocenters. The molecule has 19 heavy (non-hydrogen) atoms. The van der Waals surface area contributed by atoms with Crippen molar-refractivity contribution in [2.75, 3.05) is 18.0 Å². The highest BCUT2D eigenvalue weighted by Crippen LogP contribution is 2.27. The van der Waals surface area contributed by atoms with Crippen molar-refractivity contribution in [3.05, 3.63) is 53.1 Å². The molecule has 0 spiro atoms. The number of nitro benzene ring substituents is 1. The number of non-ortho nitro benzene ring substituents is 1. The van der Waals surface area contributed by atoms with Gasteiger partial charge in [-0.1, -0.05) is 0 Å². The number of hydrogen-bond acceptors (Lipinski definition) is 4. The summed E-state index contributed by atoms with van der Waals surface area (Å²) in [6.07, 6.45) is 6.66. The Morgan fingerprint density at radius 2 is 2.11 bits per heavy atom. The van der Waals surface area contributed by atoms with Crippen LogP contribution in [0.4, 0.5) is 11.4 Å². The lowest BCUT2D eigenvalue weighted by Gasteiger charge is -2.18. The van der Waals surface area contributed by atoms with Crippen LogP contribution in [0.25, 0.3) is 0 Å². The number of benzene rings is 1. The van der Waals surface area contributed by atoms with E-state index in [2.05, 4.69) is 14.5 Å². The van der Waals surface area contributed by atoms with E-state index < -0.39 is 0 Å². The van der Waals surface area contributed by atoms with E-state index in [-0.39, 0.29) is 10.6 Å². The number of nitrogens with zero attached hydrogens (tertiary/aromatic N) is 4. The Kier molecular flexibility index (Phi) is 2.91. The molecule has 0 aliphatic carbocycles. The summed E-state index contributed by atoms with van der Waals surface area (Å²) < 4.78 is 2.12. The highest BCUT2D eigenvalue weighted by atomic mass is 16.6. The Hall–Kier alpha value is -2.37. The van der Waals surface area contributed by atoms with E-state index in [0.717, 1.165) is 25.2 Å². The second kappa shape index (κ2) is 4.72. The molecule has 0 amide bonds. The van der Waals surface area contributed by atoms with E-state index >= 15 is 0 Å². The lowest BCUT2D eigenvalue weighted by atomic mass is 10.2. The van der Waals surface area contributed by atoms with Crippen molar-refractivity contribution in [2.24, 2.45) is 0 Å². The standard InChI is InChI=1S/C13H14N4O2/c18-17(19)12-3-1-11(2-4-12)15-7-5-13(9-15)16-8-6-14-10-16/h1-4,6,8,10,13H,5,7,9H2. The number of nitro groups is 1. The van der Waals surface area contributed by atoms with Gasteiger partial charge in [-0.2, -0.15) is 0 Å². The van der Waals surface area contributed by atoms with E-state index in [4.69, 9.17) is 0 Å². The summed E-state index contributed by atoms with van der Waals surface area (Å²) in [5, 5.41) is 10.6. The zero-order valence-corrected chi connectivity index (χ0v) is 10.3. The summed E-state index contributed by atoms with van der Waals surface area (Å²) in [6, 6.07) is 7.17. The summed E-state index contributed by atoms with van der Waals surface area (Å²) in [5.74, 6) is 0. The zero-order chi connectivity index (χ0) is 13.2. The molecule has 1 unspecified atom stereocenters. The molecular formula is C13H14N4O2. The first-order valence-electron chi connectivity index (χ1n) is 6.21. The second-order valence-corrected chi connectivity index (χ2v) is 4.67. The number of imidazole rings is 1. The molecule has 2 heterocycles. The molecule has 1 aliphatic rings. The molecule has 1 fully saturated rings. The van der Waals surface area contributed by atoms with E-state index in [1.54, 1.807) is 18.3 Å². The van der Waals surface area contributed by atoms with Gasteiger partial charge in [-0.3, -0.25) is 10.1 Å². The molecule has 1 aromatic carbocycles. The zero-order valence-electron chi connectivity index (χ0n) is 10.3. The maximum atomic E-state index is 10.6. The highest BCUT2D eigenvalue weighted by Gasteiger charge is 2.23. The van der Waals surface area contributed by atoms with Gasteiger partial charge in [0.25, 0.3) is 5.69 Å². The first-order chi connectivity index (χ1) is 9.24. The molecule has 0 bridgehead atoms. The van der Waals surface area contributed by atoms with Crippen LogP contribution in [0, 0.1) is 10.1 Å². The predicted octanol–water partition coefficient (Wildman–Crippen LogP) is 2.24. The molecule has 6 heteroatoms. The second-order valence-electron chi connectivity index (χ2n) is 4.67. The molecular weight excluding hydrogens is 244 g/mol. The van der Waals surface area contributed by atoms with E-state index in [1.165, 1.54) is 0 Å². The predicted molar refractivity (Wildman–Crippen MR) is 71.2 cm³/mol. The summed E-state index contributed by atoms with van der Waals surface area (Å²) >= 11 is 0. The van der Waals surface area contributed by atoms with Crippen molar-refractivity contribution < 1.29 is 4.92 Å². The molecule has 0 saturated carbocycles. The molecule has 1 saturated heterocycles. The van der Waals surface area contributed by atoms with Crippen LogP contribution in [0.1, 0.15) is 12.5 Å². The van der Waals surface area contributed by atoms with Crippen LogP contribution >= 0.6 is 0 Å². The lowest BCUT2D eigenvalue weighted by molar-refractivity contribution is -0.384. The maximum absolute atomic E-state index is 10.6. The van der Waals surface area contributed by atoms with Gasteiger partial charge in [-0.15, -0.1) is 0 Å². The summed E-state index contributed by atoms with van der Waals surface area (Å²) in [4.78, 5) is 16.6. The molecule has 6 nitrogen and oxygen atoms in total. The van der Waals surface area contributed by atoms with Crippen LogP contribution in [0.15, 0.2) is 43.0 Å². The van der Waals surface area contributed by atoms with Crippen LogP contribution in [-0.4, -0.2) is 27.6 Å². The fraction of sp³-hybridized carbons (Fsp3) is 0.308. The maximum Gasteiger partial charge on any atom is 0.269 e. The lowest BCUT2D eigenvalue weighted by Crippen LogP contribution is -2.20. The van der Waals surface area contributed by atoms with Crippen molar-refractivity contribution in [1.29, 1.82) is 0 Å². The number of aromatic nitrogens is 2. The number of anilines is 1. The highest BCUT2D eigenvalue weighted by molar-refractivity contribution is 5.51. The third-order valence-electron chi connectivity index (χ3n) is 3.54. The van der Waals surface area contributed by atoms with E-state index in [0.29, 0.717) is 6.04 Å². The van der Waals surface area contributed by atoms with Gasteiger partial charge in [-0.05, 0) is 18.6 Å². The van der Waals surface area contributed by atoms with Gasteiger partial charge in [-0.25, -0.2) is 4.98 Å². The molecule has 0 N–H and O–H groups in total. The van der Waals surface area contributed by atoms with Gasteiger partial charge < -0.3 is 9.47 Å². The monoisotopic (exact) mass is 258 g/mol. The Balaban J connectivity index is 1.72. The van der Waals surface area contributed by atoms with Crippen molar-refractivity contribution >= 4 is 11.4 Å². The average Bonchev–Trinajstić information content (AvgIpc) is 3.10. The number of hydrogen-bond donors (Lipinski definition) is 0. The van der Waals surface area contributed by atoms with E-state index in [1.807, 2.05) is 24.7 Å².